The van der Waals surface area contributed by atoms with E-state index < -0.39 is 0 Å². The van der Waals surface area contributed by atoms with Gasteiger partial charge in [0.2, 0.25) is 0 Å². The monoisotopic (exact) mass is 343 g/mol. The fraction of sp³-hybridized carbons (Fsp3) is 0.882. The molecule has 1 saturated heterocycles. The minimum Gasteiger partial charge on any atom is -0.465 e. The molecule has 0 unspecified atom stereocenters. The summed E-state index contributed by atoms with van der Waals surface area (Å²) in [6.07, 6.45) is 7.36. The molecule has 0 bridgehead atoms. The molecule has 132 valence electrons. The van der Waals surface area contributed by atoms with Gasteiger partial charge in [0.25, 0.3) is 0 Å². The molecule has 23 heavy (non-hydrogen) atoms. The van der Waals surface area contributed by atoms with Gasteiger partial charge in [-0.2, -0.15) is 12.6 Å². The Bertz CT molecular complexity index is 401. The van der Waals surface area contributed by atoms with Gasteiger partial charge in [-0.25, -0.2) is 4.79 Å². The highest BCUT2D eigenvalue weighted by atomic mass is 32.1. The Morgan fingerprint density at radius 3 is 2.43 bits per heavy atom. The number of carbonyl (C=O) groups is 2. The molecule has 0 spiro atoms. The fourth-order valence-corrected chi connectivity index (χ4v) is 3.54. The Kier molecular flexibility index (Phi) is 7.06. The third-order valence-corrected chi connectivity index (χ3v) is 5.11. The van der Waals surface area contributed by atoms with E-state index in [0.29, 0.717) is 37.8 Å². The minimum atomic E-state index is -0.289. The molecule has 0 aromatic rings. The number of piperidine rings is 1. The first-order valence-corrected chi connectivity index (χ1v) is 9.40. The molecule has 0 aromatic carbocycles. The van der Waals surface area contributed by atoms with Crippen molar-refractivity contribution in [2.24, 2.45) is 5.92 Å². The first-order chi connectivity index (χ1) is 11.0. The van der Waals surface area contributed by atoms with Crippen molar-refractivity contribution in [2.45, 2.75) is 63.9 Å². The second kappa shape index (κ2) is 8.81. The number of esters is 1. The molecule has 1 saturated carbocycles. The summed E-state index contributed by atoms with van der Waals surface area (Å²) in [5.41, 5.74) is -0.289. The van der Waals surface area contributed by atoms with E-state index in [1.54, 1.807) is 4.90 Å². The quantitative estimate of drug-likeness (QED) is 0.614. The molecule has 2 fully saturated rings. The first-order valence-electron chi connectivity index (χ1n) is 8.77. The van der Waals surface area contributed by atoms with Crippen molar-refractivity contribution < 1.29 is 19.1 Å². The normalized spacial score (nSPS) is 21.7. The second-order valence-corrected chi connectivity index (χ2v) is 7.40. The lowest BCUT2D eigenvalue weighted by Crippen LogP contribution is -2.44. The van der Waals surface area contributed by atoms with Crippen molar-refractivity contribution in [3.63, 3.8) is 0 Å². The first kappa shape index (κ1) is 18.4. The summed E-state index contributed by atoms with van der Waals surface area (Å²) in [6, 6.07) is 0. The van der Waals surface area contributed by atoms with Crippen molar-refractivity contribution in [3.8, 4) is 0 Å². The molecule has 2 rings (SSSR count). The standard InChI is InChI=1S/C17H29NO4S/c1-17(7-3-2-4-8-17)22-16(20)18-9-5-14(6-10-18)13-15(19)21-11-12-23/h14,23H,2-13H2,1H3. The van der Waals surface area contributed by atoms with Crippen molar-refractivity contribution in [2.75, 3.05) is 25.4 Å². The molecule has 1 heterocycles. The fourth-order valence-electron chi connectivity index (χ4n) is 3.45. The van der Waals surface area contributed by atoms with Crippen molar-refractivity contribution in [1.82, 2.24) is 4.90 Å². The molecule has 0 atom stereocenters. The van der Waals surface area contributed by atoms with E-state index in [1.165, 1.54) is 6.42 Å². The lowest BCUT2D eigenvalue weighted by molar-refractivity contribution is -0.144. The van der Waals surface area contributed by atoms with Crippen LogP contribution in [0, 0.1) is 5.92 Å². The zero-order chi connectivity index (χ0) is 16.7. The van der Waals surface area contributed by atoms with Crippen LogP contribution in [0.5, 0.6) is 0 Å². The number of nitrogens with zero attached hydrogens (tertiary/aromatic N) is 1. The van der Waals surface area contributed by atoms with Gasteiger partial charge in [0.15, 0.2) is 0 Å². The van der Waals surface area contributed by atoms with E-state index >= 15 is 0 Å². The molecule has 1 amide bonds. The zero-order valence-electron chi connectivity index (χ0n) is 14.1. The lowest BCUT2D eigenvalue weighted by Gasteiger charge is -2.37. The van der Waals surface area contributed by atoms with Crippen LogP contribution in [0.15, 0.2) is 0 Å². The highest BCUT2D eigenvalue weighted by Gasteiger charge is 2.34. The van der Waals surface area contributed by atoms with Gasteiger partial charge in [-0.05, 0) is 51.4 Å². The van der Waals surface area contributed by atoms with Crippen molar-refractivity contribution in [1.29, 1.82) is 0 Å². The van der Waals surface area contributed by atoms with Gasteiger partial charge < -0.3 is 14.4 Å². The van der Waals surface area contributed by atoms with E-state index in [4.69, 9.17) is 9.47 Å². The smallest absolute Gasteiger partial charge is 0.410 e. The van der Waals surface area contributed by atoms with Crippen LogP contribution < -0.4 is 0 Å². The number of ether oxygens (including phenoxy) is 2. The molecule has 1 aliphatic heterocycles. The molecule has 1 aliphatic carbocycles. The Hall–Kier alpha value is -0.910. The predicted octanol–water partition coefficient (Wildman–Crippen LogP) is 3.42. The summed E-state index contributed by atoms with van der Waals surface area (Å²) in [5.74, 6) is 0.695. The van der Waals surface area contributed by atoms with Crippen LogP contribution in [0.25, 0.3) is 0 Å². The summed E-state index contributed by atoms with van der Waals surface area (Å²) in [6.45, 7) is 3.75. The second-order valence-electron chi connectivity index (χ2n) is 6.96. The van der Waals surface area contributed by atoms with E-state index in [1.807, 2.05) is 6.92 Å². The number of carbonyl (C=O) groups excluding carboxylic acids is 2. The van der Waals surface area contributed by atoms with Crippen LogP contribution in [0.3, 0.4) is 0 Å². The number of thiol groups is 1. The summed E-state index contributed by atoms with van der Waals surface area (Å²) in [7, 11) is 0. The maximum atomic E-state index is 12.3. The van der Waals surface area contributed by atoms with Gasteiger partial charge in [-0.3, -0.25) is 4.79 Å². The minimum absolute atomic E-state index is 0.158. The Morgan fingerprint density at radius 1 is 1.17 bits per heavy atom. The molecule has 2 aliphatic rings. The van der Waals surface area contributed by atoms with Gasteiger partial charge >= 0.3 is 12.1 Å². The summed E-state index contributed by atoms with van der Waals surface area (Å²) in [5, 5.41) is 0. The van der Waals surface area contributed by atoms with Gasteiger partial charge in [0, 0.05) is 25.3 Å². The lowest BCUT2D eigenvalue weighted by atomic mass is 9.86. The molecular weight excluding hydrogens is 314 g/mol. The van der Waals surface area contributed by atoms with Crippen LogP contribution in [0.2, 0.25) is 0 Å². The number of amides is 1. The molecule has 5 nitrogen and oxygen atoms in total. The average molecular weight is 343 g/mol. The third kappa shape index (κ3) is 5.90. The Morgan fingerprint density at radius 2 is 1.83 bits per heavy atom. The highest BCUT2D eigenvalue weighted by Crippen LogP contribution is 2.32. The maximum Gasteiger partial charge on any atom is 0.410 e. The summed E-state index contributed by atoms with van der Waals surface area (Å²) in [4.78, 5) is 25.8. The topological polar surface area (TPSA) is 55.8 Å². The molecule has 0 radical (unpaired) electrons. The van der Waals surface area contributed by atoms with Crippen molar-refractivity contribution in [3.05, 3.63) is 0 Å². The van der Waals surface area contributed by atoms with Crippen LogP contribution in [-0.2, 0) is 14.3 Å². The van der Waals surface area contributed by atoms with E-state index in [9.17, 15) is 9.59 Å². The molecule has 0 N–H and O–H groups in total. The number of hydrogen-bond donors (Lipinski definition) is 1. The Labute approximate surface area is 144 Å². The van der Waals surface area contributed by atoms with Crippen LogP contribution >= 0.6 is 12.6 Å². The number of likely N-dealkylation sites (tertiary alicyclic amines) is 1. The molecular formula is C17H29NO4S. The van der Waals surface area contributed by atoms with Crippen molar-refractivity contribution >= 4 is 24.7 Å². The molecule has 6 heteroatoms. The third-order valence-electron chi connectivity index (χ3n) is 4.93. The SMILES string of the molecule is CC1(OC(=O)N2CCC(CC(=O)OCCS)CC2)CCCCC1. The maximum absolute atomic E-state index is 12.3. The Balaban J connectivity index is 1.71. The largest absolute Gasteiger partial charge is 0.465 e. The van der Waals surface area contributed by atoms with Gasteiger partial charge in [-0.1, -0.05) is 6.42 Å². The highest BCUT2D eigenvalue weighted by molar-refractivity contribution is 7.80. The summed E-state index contributed by atoms with van der Waals surface area (Å²) >= 11 is 4.02. The van der Waals surface area contributed by atoms with Crippen LogP contribution in [0.1, 0.15) is 58.3 Å². The zero-order valence-corrected chi connectivity index (χ0v) is 15.0. The number of rotatable bonds is 5. The number of hydrogen-bond acceptors (Lipinski definition) is 5. The van der Waals surface area contributed by atoms with Crippen LogP contribution in [-0.4, -0.2) is 48.0 Å². The average Bonchev–Trinajstić information content (AvgIpc) is 2.54. The predicted molar refractivity (Wildman–Crippen MR) is 91.7 cm³/mol. The summed E-state index contributed by atoms with van der Waals surface area (Å²) < 4.78 is 10.8. The van der Waals surface area contributed by atoms with E-state index in [2.05, 4.69) is 12.6 Å². The van der Waals surface area contributed by atoms with E-state index in [0.717, 1.165) is 38.5 Å². The van der Waals surface area contributed by atoms with Gasteiger partial charge in [0.1, 0.15) is 12.2 Å². The van der Waals surface area contributed by atoms with Gasteiger partial charge in [-0.15, -0.1) is 0 Å². The van der Waals surface area contributed by atoms with Gasteiger partial charge in [0.05, 0.1) is 0 Å². The van der Waals surface area contributed by atoms with Crippen LogP contribution in [0.4, 0.5) is 4.79 Å². The molecule has 0 aromatic heterocycles. The van der Waals surface area contributed by atoms with E-state index in [-0.39, 0.29) is 17.7 Å².